The van der Waals surface area contributed by atoms with E-state index in [2.05, 4.69) is 5.32 Å². The zero-order chi connectivity index (χ0) is 20.0. The predicted molar refractivity (Wildman–Crippen MR) is 106 cm³/mol. The number of hydrogen-bond acceptors (Lipinski definition) is 4. The van der Waals surface area contributed by atoms with Crippen LogP contribution in [0.25, 0.3) is 0 Å². The van der Waals surface area contributed by atoms with Gasteiger partial charge in [0.2, 0.25) is 0 Å². The predicted octanol–water partition coefficient (Wildman–Crippen LogP) is 4.58. The van der Waals surface area contributed by atoms with Gasteiger partial charge in [-0.1, -0.05) is 24.6 Å². The molecule has 2 aromatic rings. The number of carbonyl (C=O) groups excluding carboxylic acids is 2. The fourth-order valence-corrected chi connectivity index (χ4v) is 2.77. The van der Waals surface area contributed by atoms with E-state index in [1.54, 1.807) is 25.1 Å². The van der Waals surface area contributed by atoms with Gasteiger partial charge in [0.05, 0.1) is 12.2 Å². The normalized spacial score (nSPS) is 11.6. The van der Waals surface area contributed by atoms with Gasteiger partial charge in [-0.3, -0.25) is 4.79 Å². The number of rotatable bonds is 7. The lowest BCUT2D eigenvalue weighted by atomic mass is 10.1. The number of carbonyl (C=O) groups is 2. The molecule has 5 heteroatoms. The van der Waals surface area contributed by atoms with Crippen LogP contribution in [0, 0.1) is 20.8 Å². The van der Waals surface area contributed by atoms with Crippen molar-refractivity contribution >= 4 is 17.6 Å². The Morgan fingerprint density at radius 2 is 1.74 bits per heavy atom. The molecule has 27 heavy (non-hydrogen) atoms. The molecular formula is C22H27NO4. The van der Waals surface area contributed by atoms with E-state index in [0.29, 0.717) is 30.0 Å². The molecular weight excluding hydrogens is 342 g/mol. The largest absolute Gasteiger partial charge is 0.480 e. The molecule has 0 spiro atoms. The van der Waals surface area contributed by atoms with E-state index in [-0.39, 0.29) is 11.9 Å². The van der Waals surface area contributed by atoms with Crippen LogP contribution >= 0.6 is 0 Å². The van der Waals surface area contributed by atoms with Crippen molar-refractivity contribution in [3.05, 3.63) is 58.7 Å². The molecule has 0 radical (unpaired) electrons. The second kappa shape index (κ2) is 9.21. The molecule has 0 aromatic heterocycles. The topological polar surface area (TPSA) is 64.6 Å². The van der Waals surface area contributed by atoms with Crippen LogP contribution in [0.3, 0.4) is 0 Å². The molecule has 1 N–H and O–H groups in total. The SMILES string of the molecule is CCOC(=O)c1ccc(NC(=O)[C@@H](CC)Oc2ccc(C)cc2C)c(C)c1. The molecule has 1 amide bonds. The summed E-state index contributed by atoms with van der Waals surface area (Å²) < 4.78 is 10.9. The van der Waals surface area contributed by atoms with E-state index in [4.69, 9.17) is 9.47 Å². The first-order valence-electron chi connectivity index (χ1n) is 9.18. The van der Waals surface area contributed by atoms with Crippen LogP contribution in [-0.2, 0) is 9.53 Å². The van der Waals surface area contributed by atoms with Gasteiger partial charge in [-0.25, -0.2) is 4.79 Å². The van der Waals surface area contributed by atoms with Gasteiger partial charge in [0, 0.05) is 5.69 Å². The minimum atomic E-state index is -0.601. The molecule has 5 nitrogen and oxygen atoms in total. The molecule has 0 saturated heterocycles. The Bertz CT molecular complexity index is 829. The number of nitrogens with one attached hydrogen (secondary N) is 1. The van der Waals surface area contributed by atoms with Crippen molar-refractivity contribution in [1.82, 2.24) is 0 Å². The summed E-state index contributed by atoms with van der Waals surface area (Å²) in [7, 11) is 0. The zero-order valence-corrected chi connectivity index (χ0v) is 16.6. The molecule has 2 aromatic carbocycles. The Morgan fingerprint density at radius 3 is 2.33 bits per heavy atom. The summed E-state index contributed by atoms with van der Waals surface area (Å²) in [4.78, 5) is 24.5. The first-order chi connectivity index (χ1) is 12.8. The average Bonchev–Trinajstić information content (AvgIpc) is 2.62. The standard InChI is InChI=1S/C22H27NO4/c1-6-19(27-20-11-8-14(3)12-16(20)5)21(24)23-18-10-9-17(13-15(18)4)22(25)26-7-2/h8-13,19H,6-7H2,1-5H3,(H,23,24)/t19-/m1/s1. The van der Waals surface area contributed by atoms with E-state index < -0.39 is 6.10 Å². The Balaban J connectivity index is 2.11. The van der Waals surface area contributed by atoms with E-state index in [1.165, 1.54) is 0 Å². The van der Waals surface area contributed by atoms with Crippen molar-refractivity contribution in [3.8, 4) is 5.75 Å². The van der Waals surface area contributed by atoms with Gasteiger partial charge in [-0.05, 0) is 69.5 Å². The Labute approximate surface area is 160 Å². The Morgan fingerprint density at radius 1 is 1.00 bits per heavy atom. The first kappa shape index (κ1) is 20.5. The highest BCUT2D eigenvalue weighted by atomic mass is 16.5. The van der Waals surface area contributed by atoms with Crippen LogP contribution in [0.4, 0.5) is 5.69 Å². The van der Waals surface area contributed by atoms with Crippen molar-refractivity contribution in [1.29, 1.82) is 0 Å². The van der Waals surface area contributed by atoms with Gasteiger partial charge in [0.15, 0.2) is 6.10 Å². The first-order valence-corrected chi connectivity index (χ1v) is 9.18. The second-order valence-corrected chi connectivity index (χ2v) is 6.52. The maximum atomic E-state index is 12.7. The van der Waals surface area contributed by atoms with Crippen molar-refractivity contribution in [2.24, 2.45) is 0 Å². The summed E-state index contributed by atoms with van der Waals surface area (Å²) in [6.07, 6.45) is -0.0606. The quantitative estimate of drug-likeness (QED) is 0.725. The summed E-state index contributed by atoms with van der Waals surface area (Å²) in [5, 5.41) is 2.89. The van der Waals surface area contributed by atoms with Crippen LogP contribution in [-0.4, -0.2) is 24.6 Å². The molecule has 0 aliphatic carbocycles. The highest BCUT2D eigenvalue weighted by Gasteiger charge is 2.20. The third-order valence-electron chi connectivity index (χ3n) is 4.26. The van der Waals surface area contributed by atoms with Crippen LogP contribution < -0.4 is 10.1 Å². The number of ether oxygens (including phenoxy) is 2. The third-order valence-corrected chi connectivity index (χ3v) is 4.26. The fourth-order valence-electron chi connectivity index (χ4n) is 2.77. The van der Waals surface area contributed by atoms with Crippen molar-refractivity contribution in [2.75, 3.05) is 11.9 Å². The molecule has 0 fully saturated rings. The summed E-state index contributed by atoms with van der Waals surface area (Å²) in [6, 6.07) is 10.9. The Kier molecular flexibility index (Phi) is 6.99. The van der Waals surface area contributed by atoms with Crippen LogP contribution in [0.5, 0.6) is 5.75 Å². The van der Waals surface area contributed by atoms with E-state index in [1.807, 2.05) is 45.9 Å². The summed E-state index contributed by atoms with van der Waals surface area (Å²) >= 11 is 0. The highest BCUT2D eigenvalue weighted by Crippen LogP contribution is 2.22. The average molecular weight is 369 g/mol. The second-order valence-electron chi connectivity index (χ2n) is 6.52. The molecule has 1 atom stereocenters. The lowest BCUT2D eigenvalue weighted by molar-refractivity contribution is -0.122. The minimum Gasteiger partial charge on any atom is -0.480 e. The van der Waals surface area contributed by atoms with Crippen LogP contribution in [0.1, 0.15) is 47.3 Å². The number of esters is 1. The van der Waals surface area contributed by atoms with Gasteiger partial charge in [0.1, 0.15) is 5.75 Å². The molecule has 0 bridgehead atoms. The molecule has 2 rings (SSSR count). The molecule has 0 saturated carbocycles. The van der Waals surface area contributed by atoms with Gasteiger partial charge >= 0.3 is 5.97 Å². The highest BCUT2D eigenvalue weighted by molar-refractivity contribution is 5.96. The lowest BCUT2D eigenvalue weighted by Gasteiger charge is -2.19. The summed E-state index contributed by atoms with van der Waals surface area (Å²) in [5.74, 6) is 0.115. The monoisotopic (exact) mass is 369 g/mol. The molecule has 0 heterocycles. The van der Waals surface area contributed by atoms with Crippen LogP contribution in [0.2, 0.25) is 0 Å². The molecule has 144 valence electrons. The number of anilines is 1. The van der Waals surface area contributed by atoms with E-state index in [0.717, 1.165) is 16.7 Å². The maximum Gasteiger partial charge on any atom is 0.338 e. The van der Waals surface area contributed by atoms with E-state index in [9.17, 15) is 9.59 Å². The lowest BCUT2D eigenvalue weighted by Crippen LogP contribution is -2.32. The smallest absolute Gasteiger partial charge is 0.338 e. The van der Waals surface area contributed by atoms with Crippen molar-refractivity contribution in [3.63, 3.8) is 0 Å². The number of amides is 1. The number of hydrogen-bond donors (Lipinski definition) is 1. The molecule has 0 aliphatic rings. The van der Waals surface area contributed by atoms with Gasteiger partial charge in [-0.15, -0.1) is 0 Å². The van der Waals surface area contributed by atoms with Crippen molar-refractivity contribution in [2.45, 2.75) is 47.1 Å². The van der Waals surface area contributed by atoms with Crippen LogP contribution in [0.15, 0.2) is 36.4 Å². The maximum absolute atomic E-state index is 12.7. The molecule has 0 aliphatic heterocycles. The minimum absolute atomic E-state index is 0.218. The Hall–Kier alpha value is -2.82. The molecule has 0 unspecified atom stereocenters. The van der Waals surface area contributed by atoms with Gasteiger partial charge < -0.3 is 14.8 Å². The number of benzene rings is 2. The summed E-state index contributed by atoms with van der Waals surface area (Å²) in [5.41, 5.74) is 4.04. The summed E-state index contributed by atoms with van der Waals surface area (Å²) in [6.45, 7) is 9.81. The number of aryl methyl sites for hydroxylation is 3. The zero-order valence-electron chi connectivity index (χ0n) is 16.6. The van der Waals surface area contributed by atoms with Gasteiger partial charge in [0.25, 0.3) is 5.91 Å². The van der Waals surface area contributed by atoms with E-state index >= 15 is 0 Å². The third kappa shape index (κ3) is 5.33. The fraction of sp³-hybridized carbons (Fsp3) is 0.364. The van der Waals surface area contributed by atoms with Gasteiger partial charge in [-0.2, -0.15) is 0 Å². The van der Waals surface area contributed by atoms with Crippen molar-refractivity contribution < 1.29 is 19.1 Å².